The Morgan fingerprint density at radius 1 is 1.03 bits per heavy atom. The molecule has 4 saturated carbocycles. The lowest BCUT2D eigenvalue weighted by Gasteiger charge is -2.64. The molecule has 0 unspecified atom stereocenters. The van der Waals surface area contributed by atoms with E-state index >= 15 is 0 Å². The topological polar surface area (TPSA) is 152 Å². The number of ether oxygens (including phenoxy) is 4. The molecule has 3 heterocycles. The van der Waals surface area contributed by atoms with Gasteiger partial charge in [0.25, 0.3) is 0 Å². The molecule has 10 heteroatoms. The minimum Gasteiger partial charge on any atom is -0.458 e. The molecule has 216 valence electrons. The number of aliphatic hydroxyl groups is 4. The van der Waals surface area contributed by atoms with Gasteiger partial charge in [0.1, 0.15) is 19.0 Å². The fraction of sp³-hybridized carbons (Fsp3) is 0.862. The van der Waals surface area contributed by atoms with Gasteiger partial charge in [-0.1, -0.05) is 6.92 Å². The molecular formula is C29H40O10. The molecule has 0 aromatic heterocycles. The number of aliphatic hydroxyl groups excluding tert-OH is 2. The highest BCUT2D eigenvalue weighted by Gasteiger charge is 2.72. The van der Waals surface area contributed by atoms with Gasteiger partial charge in [-0.05, 0) is 68.8 Å². The second-order valence-corrected chi connectivity index (χ2v) is 13.7. The molecular weight excluding hydrogens is 508 g/mol. The van der Waals surface area contributed by atoms with Crippen LogP contribution in [0.5, 0.6) is 0 Å². The molecule has 2 saturated heterocycles. The van der Waals surface area contributed by atoms with Crippen molar-refractivity contribution in [2.75, 3.05) is 6.61 Å². The van der Waals surface area contributed by atoms with E-state index in [9.17, 15) is 30.0 Å². The summed E-state index contributed by atoms with van der Waals surface area (Å²) in [4.78, 5) is 25.0. The van der Waals surface area contributed by atoms with Crippen molar-refractivity contribution in [2.24, 2.45) is 34.5 Å². The van der Waals surface area contributed by atoms with E-state index in [1.807, 2.05) is 6.92 Å². The lowest BCUT2D eigenvalue weighted by atomic mass is 9.42. The zero-order chi connectivity index (χ0) is 27.5. The second kappa shape index (κ2) is 8.56. The quantitative estimate of drug-likeness (QED) is 0.223. The van der Waals surface area contributed by atoms with E-state index < -0.39 is 58.9 Å². The smallest absolute Gasteiger partial charge is 0.331 e. The molecule has 0 bridgehead atoms. The maximum atomic E-state index is 13.1. The van der Waals surface area contributed by atoms with Crippen LogP contribution >= 0.6 is 0 Å². The molecule has 0 radical (unpaired) electrons. The lowest BCUT2D eigenvalue weighted by molar-refractivity contribution is -0.457. The Kier molecular flexibility index (Phi) is 5.82. The summed E-state index contributed by atoms with van der Waals surface area (Å²) < 4.78 is 23.4. The number of rotatable bonds is 2. The molecule has 7 rings (SSSR count). The standard InChI is InChI=1S/C29H40O10/c1-14-7-22(32)29(35)25(37-14)38-21-11-27(13-30)16(9-20(21)39-29)3-4-18-17(27)5-6-26(2)24(15-8-23(33)36-12-15)19(31)10-28(18,26)34/h8,13-14,16-22,24-25,31-32,34-35H,3-7,9-12H2,1-2H3/t14-,16+,17+,18-,19-,20-,21-,22+,24+,25+,26-,27-,28+,29+/m1/s1. The van der Waals surface area contributed by atoms with E-state index in [1.165, 1.54) is 6.08 Å². The molecule has 0 aromatic rings. The molecule has 0 aromatic carbocycles. The molecule has 6 fully saturated rings. The molecule has 4 aliphatic carbocycles. The van der Waals surface area contributed by atoms with Gasteiger partial charge in [0, 0.05) is 35.7 Å². The summed E-state index contributed by atoms with van der Waals surface area (Å²) in [6, 6.07) is 0. The summed E-state index contributed by atoms with van der Waals surface area (Å²) >= 11 is 0. The van der Waals surface area contributed by atoms with E-state index in [2.05, 4.69) is 0 Å². The average molecular weight is 549 g/mol. The lowest BCUT2D eigenvalue weighted by Crippen LogP contribution is -2.71. The van der Waals surface area contributed by atoms with Gasteiger partial charge in [0.2, 0.25) is 12.1 Å². The normalized spacial score (nSPS) is 58.2. The average Bonchev–Trinajstić information content (AvgIpc) is 3.38. The highest BCUT2D eigenvalue weighted by atomic mass is 16.8. The van der Waals surface area contributed by atoms with Gasteiger partial charge in [-0.2, -0.15) is 0 Å². The minimum absolute atomic E-state index is 0.0135. The molecule has 7 aliphatic rings. The maximum absolute atomic E-state index is 13.1. The molecule has 10 nitrogen and oxygen atoms in total. The van der Waals surface area contributed by atoms with Crippen molar-refractivity contribution < 1.29 is 49.0 Å². The van der Waals surface area contributed by atoms with Gasteiger partial charge < -0.3 is 44.2 Å². The summed E-state index contributed by atoms with van der Waals surface area (Å²) in [5.74, 6) is -3.03. The fourth-order valence-corrected chi connectivity index (χ4v) is 10.3. The highest BCUT2D eigenvalue weighted by Crippen LogP contribution is 2.70. The number of esters is 1. The second-order valence-electron chi connectivity index (χ2n) is 13.7. The van der Waals surface area contributed by atoms with Crippen LogP contribution in [0.3, 0.4) is 0 Å². The number of fused-ring (bicyclic) bond motifs is 7. The number of aldehydes is 1. The Balaban J connectivity index is 1.19. The van der Waals surface area contributed by atoms with E-state index in [0.717, 1.165) is 11.9 Å². The summed E-state index contributed by atoms with van der Waals surface area (Å²) in [5.41, 5.74) is -1.84. The Morgan fingerprint density at radius 3 is 2.54 bits per heavy atom. The van der Waals surface area contributed by atoms with Crippen molar-refractivity contribution in [3.63, 3.8) is 0 Å². The zero-order valence-corrected chi connectivity index (χ0v) is 22.5. The summed E-state index contributed by atoms with van der Waals surface area (Å²) in [6.07, 6.45) is 2.24. The van der Waals surface area contributed by atoms with Crippen molar-refractivity contribution in [3.05, 3.63) is 11.6 Å². The maximum Gasteiger partial charge on any atom is 0.331 e. The first-order valence-corrected chi connectivity index (χ1v) is 14.6. The minimum atomic E-state index is -1.94. The third-order valence-electron chi connectivity index (χ3n) is 12.1. The summed E-state index contributed by atoms with van der Waals surface area (Å²) in [6.45, 7) is 3.97. The first-order chi connectivity index (χ1) is 18.4. The van der Waals surface area contributed by atoms with Crippen LogP contribution in [0.2, 0.25) is 0 Å². The highest BCUT2D eigenvalue weighted by molar-refractivity contribution is 5.85. The number of cyclic esters (lactones) is 1. The van der Waals surface area contributed by atoms with Gasteiger partial charge in [-0.15, -0.1) is 0 Å². The number of carbonyl (C=O) groups is 2. The molecule has 4 N–H and O–H groups in total. The van der Waals surface area contributed by atoms with Crippen molar-refractivity contribution in [2.45, 2.75) is 113 Å². The van der Waals surface area contributed by atoms with Crippen LogP contribution < -0.4 is 0 Å². The Morgan fingerprint density at radius 2 is 1.82 bits per heavy atom. The fourth-order valence-electron chi connectivity index (χ4n) is 10.3. The zero-order valence-electron chi connectivity index (χ0n) is 22.5. The van der Waals surface area contributed by atoms with Gasteiger partial charge in [-0.25, -0.2) is 4.79 Å². The van der Waals surface area contributed by atoms with E-state index in [-0.39, 0.29) is 49.2 Å². The van der Waals surface area contributed by atoms with Crippen molar-refractivity contribution in [3.8, 4) is 0 Å². The third-order valence-corrected chi connectivity index (χ3v) is 12.1. The van der Waals surface area contributed by atoms with Crippen molar-refractivity contribution >= 4 is 12.3 Å². The van der Waals surface area contributed by atoms with Crippen LogP contribution in [0.1, 0.15) is 65.2 Å². The Labute approximate surface area is 227 Å². The van der Waals surface area contributed by atoms with Crippen LogP contribution in [0, 0.1) is 34.5 Å². The molecule has 39 heavy (non-hydrogen) atoms. The number of hydrogen-bond acceptors (Lipinski definition) is 10. The Bertz CT molecular complexity index is 1090. The van der Waals surface area contributed by atoms with Gasteiger partial charge in [0.15, 0.2) is 0 Å². The van der Waals surface area contributed by atoms with Crippen molar-refractivity contribution in [1.82, 2.24) is 0 Å². The van der Waals surface area contributed by atoms with Crippen LogP contribution in [0.25, 0.3) is 0 Å². The van der Waals surface area contributed by atoms with Crippen LogP contribution in [0.4, 0.5) is 0 Å². The first kappa shape index (κ1) is 26.5. The molecule has 14 atom stereocenters. The van der Waals surface area contributed by atoms with Crippen molar-refractivity contribution in [1.29, 1.82) is 0 Å². The molecule has 0 spiro atoms. The monoisotopic (exact) mass is 548 g/mol. The summed E-state index contributed by atoms with van der Waals surface area (Å²) in [7, 11) is 0. The number of hydrogen-bond donors (Lipinski definition) is 4. The summed E-state index contributed by atoms with van der Waals surface area (Å²) in [5, 5.41) is 45.5. The van der Waals surface area contributed by atoms with Gasteiger partial charge in [-0.3, -0.25) is 0 Å². The Hall–Kier alpha value is -1.40. The van der Waals surface area contributed by atoms with Gasteiger partial charge in [0.05, 0.1) is 30.0 Å². The van der Waals surface area contributed by atoms with Crippen LogP contribution in [-0.4, -0.2) is 87.5 Å². The van der Waals surface area contributed by atoms with Crippen LogP contribution in [-0.2, 0) is 28.5 Å². The first-order valence-electron chi connectivity index (χ1n) is 14.6. The molecule has 3 aliphatic heterocycles. The van der Waals surface area contributed by atoms with E-state index in [4.69, 9.17) is 18.9 Å². The van der Waals surface area contributed by atoms with E-state index in [1.54, 1.807) is 6.92 Å². The van der Waals surface area contributed by atoms with E-state index in [0.29, 0.717) is 38.5 Å². The largest absolute Gasteiger partial charge is 0.458 e. The van der Waals surface area contributed by atoms with Crippen LogP contribution in [0.15, 0.2) is 11.6 Å². The predicted molar refractivity (Wildman–Crippen MR) is 133 cm³/mol. The number of carbonyl (C=O) groups excluding carboxylic acids is 2. The third kappa shape index (κ3) is 3.40. The van der Waals surface area contributed by atoms with Gasteiger partial charge >= 0.3 is 5.97 Å². The predicted octanol–water partition coefficient (Wildman–Crippen LogP) is 0.972. The molecule has 0 amide bonds. The SMILES string of the molecule is C[C@@H]1C[C@H](O)[C@]2(O)O[C@@H]3C[C@@H]4CC[C@@H]5[C@H](CC[C@]6(C)[C@@H](C7=CC(=O)OC7)[C@H](O)C[C@]56O)[C@@]4(C=O)C[C@H]3O[C@@H]2O1.